The van der Waals surface area contributed by atoms with Crippen LogP contribution < -0.4 is 10.2 Å². The molecule has 0 bridgehead atoms. The summed E-state index contributed by atoms with van der Waals surface area (Å²) in [5, 5.41) is 3.12. The Kier molecular flexibility index (Phi) is 4.47. The van der Waals surface area contributed by atoms with Crippen LogP contribution in [0.1, 0.15) is 16.8 Å². The standard InChI is InChI=1S/C15H20N4/c1-12-14(9-16-2)10-17-15(18-12)19(3)11-13-7-5-4-6-8-13/h4-8,10,16H,9,11H2,1-3H3. The number of aryl methyl sites for hydroxylation is 1. The summed E-state index contributed by atoms with van der Waals surface area (Å²) in [5.41, 5.74) is 3.42. The smallest absolute Gasteiger partial charge is 0.225 e. The van der Waals surface area contributed by atoms with E-state index in [1.54, 1.807) is 0 Å². The third kappa shape index (κ3) is 3.51. The van der Waals surface area contributed by atoms with Crippen molar-refractivity contribution in [2.75, 3.05) is 19.0 Å². The number of anilines is 1. The minimum atomic E-state index is 0.765. The van der Waals surface area contributed by atoms with Gasteiger partial charge in [-0.3, -0.25) is 0 Å². The highest BCUT2D eigenvalue weighted by atomic mass is 15.2. The molecule has 1 aromatic carbocycles. The number of benzene rings is 1. The highest BCUT2D eigenvalue weighted by Crippen LogP contribution is 2.12. The molecule has 19 heavy (non-hydrogen) atoms. The number of aromatic nitrogens is 2. The lowest BCUT2D eigenvalue weighted by Crippen LogP contribution is -2.20. The summed E-state index contributed by atoms with van der Waals surface area (Å²) in [6.45, 7) is 3.63. The molecule has 0 aliphatic carbocycles. The van der Waals surface area contributed by atoms with Crippen molar-refractivity contribution in [1.29, 1.82) is 0 Å². The molecule has 0 aliphatic heterocycles. The Morgan fingerprint density at radius 2 is 1.95 bits per heavy atom. The van der Waals surface area contributed by atoms with Crippen molar-refractivity contribution in [3.05, 3.63) is 53.3 Å². The van der Waals surface area contributed by atoms with Gasteiger partial charge in [-0.1, -0.05) is 30.3 Å². The number of hydrogen-bond acceptors (Lipinski definition) is 4. The summed E-state index contributed by atoms with van der Waals surface area (Å²) in [7, 11) is 3.94. The molecule has 0 saturated heterocycles. The van der Waals surface area contributed by atoms with Crippen molar-refractivity contribution in [2.45, 2.75) is 20.0 Å². The van der Waals surface area contributed by atoms with Gasteiger partial charge in [0.05, 0.1) is 0 Å². The Morgan fingerprint density at radius 3 is 2.58 bits per heavy atom. The summed E-state index contributed by atoms with van der Waals surface area (Å²) in [6, 6.07) is 10.3. The van der Waals surface area contributed by atoms with E-state index >= 15 is 0 Å². The molecule has 0 fully saturated rings. The Morgan fingerprint density at radius 1 is 1.21 bits per heavy atom. The number of hydrogen-bond donors (Lipinski definition) is 1. The Bertz CT molecular complexity index is 525. The second-order valence-electron chi connectivity index (χ2n) is 4.65. The zero-order valence-corrected chi connectivity index (χ0v) is 11.7. The summed E-state index contributed by atoms with van der Waals surface area (Å²) < 4.78 is 0. The monoisotopic (exact) mass is 256 g/mol. The molecular formula is C15H20N4. The van der Waals surface area contributed by atoms with Crippen LogP contribution in [-0.2, 0) is 13.1 Å². The van der Waals surface area contributed by atoms with E-state index in [4.69, 9.17) is 0 Å². The average molecular weight is 256 g/mol. The Balaban J connectivity index is 2.11. The van der Waals surface area contributed by atoms with E-state index in [1.165, 1.54) is 5.56 Å². The maximum atomic E-state index is 4.56. The molecule has 0 unspecified atom stereocenters. The van der Waals surface area contributed by atoms with Gasteiger partial charge >= 0.3 is 0 Å². The first kappa shape index (κ1) is 13.5. The lowest BCUT2D eigenvalue weighted by Gasteiger charge is -2.18. The molecule has 100 valence electrons. The Hall–Kier alpha value is -1.94. The second-order valence-corrected chi connectivity index (χ2v) is 4.65. The van der Waals surface area contributed by atoms with Gasteiger partial charge in [0.2, 0.25) is 5.95 Å². The first-order valence-corrected chi connectivity index (χ1v) is 6.43. The zero-order valence-electron chi connectivity index (χ0n) is 11.7. The van der Waals surface area contributed by atoms with Crippen molar-refractivity contribution in [2.24, 2.45) is 0 Å². The van der Waals surface area contributed by atoms with Crippen LogP contribution in [0.4, 0.5) is 5.95 Å². The fraction of sp³-hybridized carbons (Fsp3) is 0.333. The zero-order chi connectivity index (χ0) is 13.7. The highest BCUT2D eigenvalue weighted by molar-refractivity contribution is 5.33. The van der Waals surface area contributed by atoms with Gasteiger partial charge in [-0.25, -0.2) is 9.97 Å². The third-order valence-electron chi connectivity index (χ3n) is 3.04. The molecule has 1 N–H and O–H groups in total. The molecule has 0 aliphatic rings. The number of rotatable bonds is 5. The third-order valence-corrected chi connectivity index (χ3v) is 3.04. The molecule has 0 amide bonds. The van der Waals surface area contributed by atoms with Gasteiger partial charge in [0.25, 0.3) is 0 Å². The van der Waals surface area contributed by atoms with Crippen LogP contribution in [-0.4, -0.2) is 24.1 Å². The molecule has 0 saturated carbocycles. The van der Waals surface area contributed by atoms with E-state index in [1.807, 2.05) is 45.4 Å². The van der Waals surface area contributed by atoms with E-state index in [0.717, 1.165) is 30.3 Å². The maximum absolute atomic E-state index is 4.56. The van der Waals surface area contributed by atoms with Crippen LogP contribution in [0, 0.1) is 6.92 Å². The highest BCUT2D eigenvalue weighted by Gasteiger charge is 2.07. The summed E-state index contributed by atoms with van der Waals surface area (Å²) >= 11 is 0. The van der Waals surface area contributed by atoms with E-state index in [0.29, 0.717) is 0 Å². The minimum absolute atomic E-state index is 0.765. The lowest BCUT2D eigenvalue weighted by molar-refractivity contribution is 0.785. The fourth-order valence-corrected chi connectivity index (χ4v) is 1.96. The van der Waals surface area contributed by atoms with Crippen LogP contribution in [0.2, 0.25) is 0 Å². The number of nitrogens with zero attached hydrogens (tertiary/aromatic N) is 3. The molecule has 0 radical (unpaired) electrons. The van der Waals surface area contributed by atoms with E-state index in [2.05, 4.69) is 32.3 Å². The van der Waals surface area contributed by atoms with Crippen LogP contribution in [0.25, 0.3) is 0 Å². The maximum Gasteiger partial charge on any atom is 0.225 e. The predicted octanol–water partition coefficient (Wildman–Crippen LogP) is 2.14. The van der Waals surface area contributed by atoms with Crippen LogP contribution in [0.15, 0.2) is 36.5 Å². The van der Waals surface area contributed by atoms with Gasteiger partial charge in [0, 0.05) is 37.6 Å². The van der Waals surface area contributed by atoms with Gasteiger partial charge < -0.3 is 10.2 Å². The Labute approximate surface area is 114 Å². The van der Waals surface area contributed by atoms with Crippen LogP contribution in [0.3, 0.4) is 0 Å². The molecular weight excluding hydrogens is 236 g/mol. The van der Waals surface area contributed by atoms with Crippen molar-refractivity contribution in [3.63, 3.8) is 0 Å². The van der Waals surface area contributed by atoms with Gasteiger partial charge in [-0.05, 0) is 19.5 Å². The van der Waals surface area contributed by atoms with Gasteiger partial charge in [-0.2, -0.15) is 0 Å². The second kappa shape index (κ2) is 6.29. The van der Waals surface area contributed by atoms with Crippen molar-refractivity contribution >= 4 is 5.95 Å². The minimum Gasteiger partial charge on any atom is -0.340 e. The summed E-state index contributed by atoms with van der Waals surface area (Å²) in [6.07, 6.45) is 1.90. The molecule has 2 aromatic rings. The van der Waals surface area contributed by atoms with Crippen LogP contribution >= 0.6 is 0 Å². The molecule has 1 aromatic heterocycles. The van der Waals surface area contributed by atoms with Crippen molar-refractivity contribution in [3.8, 4) is 0 Å². The summed E-state index contributed by atoms with van der Waals surface area (Å²) in [5.74, 6) is 0.765. The van der Waals surface area contributed by atoms with Gasteiger partial charge in [0.15, 0.2) is 0 Å². The first-order chi connectivity index (χ1) is 9.20. The van der Waals surface area contributed by atoms with E-state index in [9.17, 15) is 0 Å². The molecule has 2 rings (SSSR count). The average Bonchev–Trinajstić information content (AvgIpc) is 2.42. The quantitative estimate of drug-likeness (QED) is 0.890. The largest absolute Gasteiger partial charge is 0.340 e. The molecule has 4 heteroatoms. The molecule has 0 spiro atoms. The normalized spacial score (nSPS) is 10.5. The molecule has 4 nitrogen and oxygen atoms in total. The van der Waals surface area contributed by atoms with Gasteiger partial charge in [0.1, 0.15) is 0 Å². The van der Waals surface area contributed by atoms with Crippen molar-refractivity contribution in [1.82, 2.24) is 15.3 Å². The first-order valence-electron chi connectivity index (χ1n) is 6.43. The summed E-state index contributed by atoms with van der Waals surface area (Å²) in [4.78, 5) is 11.1. The van der Waals surface area contributed by atoms with Gasteiger partial charge in [-0.15, -0.1) is 0 Å². The van der Waals surface area contributed by atoms with E-state index < -0.39 is 0 Å². The van der Waals surface area contributed by atoms with Crippen molar-refractivity contribution < 1.29 is 0 Å². The lowest BCUT2D eigenvalue weighted by atomic mass is 10.2. The van der Waals surface area contributed by atoms with E-state index in [-0.39, 0.29) is 0 Å². The SMILES string of the molecule is CNCc1cnc(N(C)Cc2ccccc2)nc1C. The van der Waals surface area contributed by atoms with Crippen LogP contribution in [0.5, 0.6) is 0 Å². The number of nitrogens with one attached hydrogen (secondary N) is 1. The molecule has 0 atom stereocenters. The predicted molar refractivity (Wildman–Crippen MR) is 78.1 cm³/mol. The molecule has 1 heterocycles. The topological polar surface area (TPSA) is 41.1 Å². The fourth-order valence-electron chi connectivity index (χ4n) is 1.96.